The fraction of sp³-hybridized carbons (Fsp3) is 0.364. The molecule has 1 amide bonds. The van der Waals surface area contributed by atoms with Crippen LogP contribution in [0.25, 0.3) is 0 Å². The van der Waals surface area contributed by atoms with Crippen LogP contribution in [-0.2, 0) is 9.53 Å². The number of rotatable bonds is 4. The molecule has 0 atom stereocenters. The molecule has 2 aromatic rings. The van der Waals surface area contributed by atoms with Crippen LogP contribution in [0.15, 0.2) is 18.2 Å². The van der Waals surface area contributed by atoms with Gasteiger partial charge in [0, 0.05) is 5.69 Å². The Bertz CT molecular complexity index is 852. The third kappa shape index (κ3) is 3.79. The number of hydrogen-bond donors (Lipinski definition) is 1. The molecule has 2 aromatic carbocycles. The van der Waals surface area contributed by atoms with E-state index in [1.807, 2.05) is 59.7 Å². The Morgan fingerprint density at radius 1 is 0.808 bits per heavy atom. The van der Waals surface area contributed by atoms with E-state index < -0.39 is 5.97 Å². The van der Waals surface area contributed by atoms with Crippen LogP contribution >= 0.6 is 0 Å². The minimum Gasteiger partial charge on any atom is -0.452 e. The van der Waals surface area contributed by atoms with Gasteiger partial charge >= 0.3 is 5.97 Å². The van der Waals surface area contributed by atoms with Gasteiger partial charge in [-0.2, -0.15) is 0 Å². The third-order valence-corrected chi connectivity index (χ3v) is 5.42. The van der Waals surface area contributed by atoms with Crippen molar-refractivity contribution in [1.29, 1.82) is 0 Å². The number of benzene rings is 2. The second-order valence-corrected chi connectivity index (χ2v) is 6.87. The predicted molar refractivity (Wildman–Crippen MR) is 105 cm³/mol. The van der Waals surface area contributed by atoms with Crippen LogP contribution in [-0.4, -0.2) is 18.5 Å². The van der Waals surface area contributed by atoms with Gasteiger partial charge in [0.2, 0.25) is 0 Å². The minimum atomic E-state index is -0.456. The number of hydrogen-bond acceptors (Lipinski definition) is 3. The lowest BCUT2D eigenvalue weighted by molar-refractivity contribution is -0.119. The molecule has 0 bridgehead atoms. The van der Waals surface area contributed by atoms with Crippen LogP contribution < -0.4 is 5.32 Å². The molecule has 0 aliphatic heterocycles. The SMILES string of the molecule is Cc1cccc(NC(=O)COC(=O)c2c(C)c(C)c(C)c(C)c2C)c1C. The average molecular weight is 353 g/mol. The fourth-order valence-corrected chi connectivity index (χ4v) is 3.08. The van der Waals surface area contributed by atoms with Crippen molar-refractivity contribution in [1.82, 2.24) is 0 Å². The first-order valence-corrected chi connectivity index (χ1v) is 8.75. The van der Waals surface area contributed by atoms with Crippen molar-refractivity contribution in [3.05, 3.63) is 62.7 Å². The van der Waals surface area contributed by atoms with Gasteiger partial charge in [0.05, 0.1) is 5.56 Å². The lowest BCUT2D eigenvalue weighted by atomic mass is 9.90. The molecule has 0 radical (unpaired) electrons. The molecule has 138 valence electrons. The highest BCUT2D eigenvalue weighted by Gasteiger charge is 2.20. The van der Waals surface area contributed by atoms with E-state index in [0.717, 1.165) is 39.1 Å². The van der Waals surface area contributed by atoms with E-state index in [4.69, 9.17) is 4.74 Å². The van der Waals surface area contributed by atoms with Gasteiger partial charge in [-0.3, -0.25) is 4.79 Å². The maximum atomic E-state index is 12.6. The second kappa shape index (κ2) is 7.73. The van der Waals surface area contributed by atoms with E-state index in [2.05, 4.69) is 12.2 Å². The van der Waals surface area contributed by atoms with Gasteiger partial charge in [-0.1, -0.05) is 12.1 Å². The molecule has 2 rings (SSSR count). The van der Waals surface area contributed by atoms with Gasteiger partial charge in [0.1, 0.15) is 0 Å². The number of carbonyl (C=O) groups excluding carboxylic acids is 2. The van der Waals surface area contributed by atoms with Crippen molar-refractivity contribution in [3.8, 4) is 0 Å². The molecule has 0 spiro atoms. The Hall–Kier alpha value is -2.62. The summed E-state index contributed by atoms with van der Waals surface area (Å²) < 4.78 is 5.29. The fourth-order valence-electron chi connectivity index (χ4n) is 3.08. The number of carbonyl (C=O) groups is 2. The van der Waals surface area contributed by atoms with Crippen molar-refractivity contribution in [2.45, 2.75) is 48.5 Å². The van der Waals surface area contributed by atoms with E-state index in [-0.39, 0.29) is 12.5 Å². The van der Waals surface area contributed by atoms with Crippen LogP contribution in [0.5, 0.6) is 0 Å². The van der Waals surface area contributed by atoms with Crippen molar-refractivity contribution < 1.29 is 14.3 Å². The molecule has 0 saturated heterocycles. The molecule has 0 fully saturated rings. The lowest BCUT2D eigenvalue weighted by Gasteiger charge is -2.17. The summed E-state index contributed by atoms with van der Waals surface area (Å²) in [5, 5.41) is 2.80. The molecular formula is C22H27NO3. The summed E-state index contributed by atoms with van der Waals surface area (Å²) in [6, 6.07) is 5.70. The standard InChI is InChI=1S/C22H27NO3/c1-12-9-8-10-19(13(12)2)23-20(24)11-26-22(25)21-17(6)15(4)14(3)16(5)18(21)7/h8-10H,11H2,1-7H3,(H,23,24). The summed E-state index contributed by atoms with van der Waals surface area (Å²) in [6.07, 6.45) is 0. The number of aryl methyl sites for hydroxylation is 1. The van der Waals surface area contributed by atoms with E-state index in [1.165, 1.54) is 5.56 Å². The highest BCUT2D eigenvalue weighted by molar-refractivity contribution is 5.97. The first kappa shape index (κ1) is 19.7. The first-order valence-electron chi connectivity index (χ1n) is 8.75. The quantitative estimate of drug-likeness (QED) is 0.815. The van der Waals surface area contributed by atoms with Crippen LogP contribution in [0, 0.1) is 48.5 Å². The van der Waals surface area contributed by atoms with Crippen molar-refractivity contribution in [2.24, 2.45) is 0 Å². The summed E-state index contributed by atoms with van der Waals surface area (Å²) >= 11 is 0. The summed E-state index contributed by atoms with van der Waals surface area (Å²) in [6.45, 7) is 13.5. The summed E-state index contributed by atoms with van der Waals surface area (Å²) in [7, 11) is 0. The predicted octanol–water partition coefficient (Wildman–Crippen LogP) is 4.64. The molecule has 0 heterocycles. The zero-order valence-electron chi connectivity index (χ0n) is 16.7. The topological polar surface area (TPSA) is 55.4 Å². The Morgan fingerprint density at radius 3 is 1.92 bits per heavy atom. The Balaban J connectivity index is 2.12. The Morgan fingerprint density at radius 2 is 1.35 bits per heavy atom. The molecule has 4 heteroatoms. The van der Waals surface area contributed by atoms with Gasteiger partial charge in [-0.15, -0.1) is 0 Å². The van der Waals surface area contributed by atoms with Gasteiger partial charge in [0.15, 0.2) is 6.61 Å². The Kier molecular flexibility index (Phi) is 5.86. The minimum absolute atomic E-state index is 0.308. The van der Waals surface area contributed by atoms with Crippen LogP contribution in [0.2, 0.25) is 0 Å². The normalized spacial score (nSPS) is 10.6. The smallest absolute Gasteiger partial charge is 0.339 e. The second-order valence-electron chi connectivity index (χ2n) is 6.87. The summed E-state index contributed by atoms with van der Waals surface area (Å²) in [5.74, 6) is -0.801. The van der Waals surface area contributed by atoms with Crippen molar-refractivity contribution >= 4 is 17.6 Å². The molecule has 26 heavy (non-hydrogen) atoms. The molecular weight excluding hydrogens is 326 g/mol. The first-order chi connectivity index (χ1) is 12.1. The lowest BCUT2D eigenvalue weighted by Crippen LogP contribution is -2.22. The van der Waals surface area contributed by atoms with E-state index in [0.29, 0.717) is 5.56 Å². The zero-order valence-corrected chi connectivity index (χ0v) is 16.7. The largest absolute Gasteiger partial charge is 0.452 e. The van der Waals surface area contributed by atoms with Gasteiger partial charge in [-0.05, 0) is 93.5 Å². The van der Waals surface area contributed by atoms with Crippen LogP contribution in [0.1, 0.15) is 49.3 Å². The molecule has 0 aromatic heterocycles. The molecule has 0 aliphatic rings. The Labute approximate surface area is 155 Å². The highest BCUT2D eigenvalue weighted by Crippen LogP contribution is 2.26. The molecule has 0 saturated carbocycles. The maximum Gasteiger partial charge on any atom is 0.339 e. The third-order valence-electron chi connectivity index (χ3n) is 5.42. The molecule has 0 aliphatic carbocycles. The zero-order chi connectivity index (χ0) is 19.6. The number of anilines is 1. The maximum absolute atomic E-state index is 12.6. The monoisotopic (exact) mass is 353 g/mol. The van der Waals surface area contributed by atoms with Gasteiger partial charge in [-0.25, -0.2) is 4.79 Å². The van der Waals surface area contributed by atoms with Gasteiger partial charge < -0.3 is 10.1 Å². The van der Waals surface area contributed by atoms with E-state index >= 15 is 0 Å². The average Bonchev–Trinajstić information content (AvgIpc) is 2.60. The van der Waals surface area contributed by atoms with E-state index in [1.54, 1.807) is 0 Å². The number of esters is 1. The summed E-state index contributed by atoms with van der Waals surface area (Å²) in [4.78, 5) is 24.8. The number of amides is 1. The number of nitrogens with one attached hydrogen (secondary N) is 1. The molecule has 4 nitrogen and oxygen atoms in total. The van der Waals surface area contributed by atoms with Crippen LogP contribution in [0.3, 0.4) is 0 Å². The molecule has 1 N–H and O–H groups in total. The van der Waals surface area contributed by atoms with E-state index in [9.17, 15) is 9.59 Å². The van der Waals surface area contributed by atoms with Gasteiger partial charge in [0.25, 0.3) is 5.91 Å². The molecule has 0 unspecified atom stereocenters. The highest BCUT2D eigenvalue weighted by atomic mass is 16.5. The van der Waals surface area contributed by atoms with Crippen LogP contribution in [0.4, 0.5) is 5.69 Å². The van der Waals surface area contributed by atoms with Crippen molar-refractivity contribution in [3.63, 3.8) is 0 Å². The number of ether oxygens (including phenoxy) is 1. The summed E-state index contributed by atoms with van der Waals surface area (Å²) in [5.41, 5.74) is 8.56. The van der Waals surface area contributed by atoms with Crippen molar-refractivity contribution in [2.75, 3.05) is 11.9 Å².